The lowest BCUT2D eigenvalue weighted by Gasteiger charge is -2.26. The van der Waals surface area contributed by atoms with Crippen molar-refractivity contribution in [3.8, 4) is 17.2 Å². The summed E-state index contributed by atoms with van der Waals surface area (Å²) in [6.07, 6.45) is 2.64. The Kier molecular flexibility index (Phi) is 8.19. The molecule has 184 valence electrons. The third-order valence-corrected chi connectivity index (χ3v) is 5.05. The number of nitrogens with one attached hydrogen (secondary N) is 1. The Hall–Kier alpha value is -4.21. The van der Waals surface area contributed by atoms with Gasteiger partial charge in [0.05, 0.1) is 11.6 Å². The van der Waals surface area contributed by atoms with Gasteiger partial charge in [0.25, 0.3) is 5.91 Å². The van der Waals surface area contributed by atoms with Crippen molar-refractivity contribution < 1.29 is 42.9 Å². The zero-order valence-electron chi connectivity index (χ0n) is 19.5. The Morgan fingerprint density at radius 1 is 0.886 bits per heavy atom. The summed E-state index contributed by atoms with van der Waals surface area (Å²) in [6.45, 7) is 2.74. The van der Waals surface area contributed by atoms with Gasteiger partial charge in [0, 0.05) is 20.8 Å². The number of amides is 1. The maximum Gasteiger partial charge on any atom is 0.338 e. The highest BCUT2D eigenvalue weighted by atomic mass is 16.6. The third-order valence-electron chi connectivity index (χ3n) is 5.05. The summed E-state index contributed by atoms with van der Waals surface area (Å²) >= 11 is 0. The van der Waals surface area contributed by atoms with E-state index in [0.717, 1.165) is 57.7 Å². The van der Waals surface area contributed by atoms with Crippen molar-refractivity contribution >= 4 is 29.8 Å². The average Bonchev–Trinajstić information content (AvgIpc) is 2.78. The van der Waals surface area contributed by atoms with Gasteiger partial charge in [-0.1, -0.05) is 24.3 Å². The van der Waals surface area contributed by atoms with E-state index in [0.29, 0.717) is 0 Å². The van der Waals surface area contributed by atoms with Crippen LogP contribution in [-0.4, -0.2) is 36.4 Å². The van der Waals surface area contributed by atoms with Crippen molar-refractivity contribution in [1.29, 1.82) is 0 Å². The van der Waals surface area contributed by atoms with Gasteiger partial charge in [-0.25, -0.2) is 4.79 Å². The molecule has 3 rings (SSSR count). The number of carbonyl (C=O) groups excluding carboxylic acids is 5. The summed E-state index contributed by atoms with van der Waals surface area (Å²) in [5, 5.41) is 2.88. The van der Waals surface area contributed by atoms with Crippen LogP contribution in [-0.2, 0) is 30.3 Å². The number of hydrogen-bond acceptors (Lipinski definition) is 9. The van der Waals surface area contributed by atoms with Crippen LogP contribution in [0.5, 0.6) is 17.2 Å². The largest absolute Gasteiger partial charge is 0.452 e. The maximum absolute atomic E-state index is 12.7. The fourth-order valence-electron chi connectivity index (χ4n) is 3.75. The minimum absolute atomic E-state index is 0.180. The molecule has 1 atom stereocenters. The van der Waals surface area contributed by atoms with E-state index in [4.69, 9.17) is 18.9 Å². The smallest absolute Gasteiger partial charge is 0.338 e. The maximum atomic E-state index is 12.7. The molecule has 0 aromatic heterocycles. The lowest BCUT2D eigenvalue weighted by molar-refractivity contribution is -0.135. The average molecular weight is 483 g/mol. The second-order valence-corrected chi connectivity index (χ2v) is 7.87. The van der Waals surface area contributed by atoms with Gasteiger partial charge in [0.1, 0.15) is 0 Å². The van der Waals surface area contributed by atoms with E-state index in [9.17, 15) is 24.0 Å². The zero-order chi connectivity index (χ0) is 25.5. The summed E-state index contributed by atoms with van der Waals surface area (Å²) in [6, 6.07) is 9.84. The van der Waals surface area contributed by atoms with E-state index < -0.39 is 36.4 Å². The molecule has 2 aromatic carbocycles. The molecule has 2 aromatic rings. The molecule has 0 saturated carbocycles. The Bertz CT molecular complexity index is 1130. The second-order valence-electron chi connectivity index (χ2n) is 7.87. The number of rotatable bonds is 7. The molecule has 0 radical (unpaired) electrons. The molecule has 1 N–H and O–H groups in total. The number of benzene rings is 2. The van der Waals surface area contributed by atoms with Crippen molar-refractivity contribution in [2.45, 2.75) is 46.1 Å². The molecular formula is C25H25NO9. The molecule has 10 heteroatoms. The number of fused-ring (bicyclic) bond motifs is 1. The van der Waals surface area contributed by atoms with E-state index >= 15 is 0 Å². The van der Waals surface area contributed by atoms with Gasteiger partial charge in [-0.3, -0.25) is 19.2 Å². The van der Waals surface area contributed by atoms with Crippen molar-refractivity contribution in [3.05, 3.63) is 53.1 Å². The van der Waals surface area contributed by atoms with Gasteiger partial charge in [-0.2, -0.15) is 0 Å². The van der Waals surface area contributed by atoms with Crippen LogP contribution in [0.4, 0.5) is 0 Å². The summed E-state index contributed by atoms with van der Waals surface area (Å²) in [7, 11) is 0. The fourth-order valence-corrected chi connectivity index (χ4v) is 3.75. The van der Waals surface area contributed by atoms with E-state index in [1.54, 1.807) is 0 Å². The number of esters is 4. The first-order chi connectivity index (χ1) is 16.6. The van der Waals surface area contributed by atoms with Gasteiger partial charge in [-0.15, -0.1) is 0 Å². The molecule has 10 nitrogen and oxygen atoms in total. The highest BCUT2D eigenvalue weighted by Crippen LogP contribution is 2.39. The number of carbonyl (C=O) groups is 5. The number of ether oxygens (including phenoxy) is 4. The van der Waals surface area contributed by atoms with Gasteiger partial charge in [0.15, 0.2) is 18.1 Å². The second kappa shape index (κ2) is 11.3. The predicted octanol–water partition coefficient (Wildman–Crippen LogP) is 2.81. The standard InChI is InChI=1S/C25H25NO9/c1-14(27)33-21-11-18(12-22(34-15(2)28)24(21)35-16(3)29)25(31)32-13-23(30)26-20-10-6-8-17-7-4-5-9-19(17)20/h4-5,7,9,11-12,20H,6,8,10,13H2,1-3H3,(H,26,30). The number of aryl methyl sites for hydroxylation is 1. The quantitative estimate of drug-likeness (QED) is 0.466. The SMILES string of the molecule is CC(=O)Oc1cc(C(=O)OCC(=O)NC2CCCc3ccccc32)cc(OC(C)=O)c1OC(C)=O. The zero-order valence-corrected chi connectivity index (χ0v) is 19.5. The summed E-state index contributed by atoms with van der Waals surface area (Å²) < 4.78 is 20.2. The Labute approximate surface area is 201 Å². The van der Waals surface area contributed by atoms with Crippen LogP contribution in [0.2, 0.25) is 0 Å². The van der Waals surface area contributed by atoms with Crippen LogP contribution < -0.4 is 19.5 Å². The lowest BCUT2D eigenvalue weighted by atomic mass is 9.88. The molecular weight excluding hydrogens is 458 g/mol. The molecule has 1 aliphatic rings. The van der Waals surface area contributed by atoms with Crippen LogP contribution in [0, 0.1) is 0 Å². The van der Waals surface area contributed by atoms with Crippen LogP contribution in [0.1, 0.15) is 61.1 Å². The predicted molar refractivity (Wildman–Crippen MR) is 121 cm³/mol. The van der Waals surface area contributed by atoms with Crippen LogP contribution in [0.15, 0.2) is 36.4 Å². The highest BCUT2D eigenvalue weighted by molar-refractivity contribution is 5.94. The molecule has 0 saturated heterocycles. The van der Waals surface area contributed by atoms with Crippen molar-refractivity contribution in [3.63, 3.8) is 0 Å². The summed E-state index contributed by atoms with van der Waals surface area (Å²) in [4.78, 5) is 59.7. The van der Waals surface area contributed by atoms with Gasteiger partial charge in [0.2, 0.25) is 5.75 Å². The van der Waals surface area contributed by atoms with Crippen molar-refractivity contribution in [1.82, 2.24) is 5.32 Å². The lowest BCUT2D eigenvalue weighted by Crippen LogP contribution is -2.34. The van der Waals surface area contributed by atoms with Crippen LogP contribution in [0.25, 0.3) is 0 Å². The van der Waals surface area contributed by atoms with Gasteiger partial charge < -0.3 is 24.3 Å². The highest BCUT2D eigenvalue weighted by Gasteiger charge is 2.25. The molecule has 0 aliphatic heterocycles. The first-order valence-electron chi connectivity index (χ1n) is 10.9. The number of hydrogen-bond donors (Lipinski definition) is 1. The topological polar surface area (TPSA) is 134 Å². The minimum atomic E-state index is -0.944. The van der Waals surface area contributed by atoms with Crippen molar-refractivity contribution in [2.75, 3.05) is 6.61 Å². The third kappa shape index (κ3) is 6.89. The Balaban J connectivity index is 1.75. The molecule has 0 spiro atoms. The van der Waals surface area contributed by atoms with Crippen molar-refractivity contribution in [2.24, 2.45) is 0 Å². The van der Waals surface area contributed by atoms with Crippen LogP contribution in [0.3, 0.4) is 0 Å². The first kappa shape index (κ1) is 25.4. The fraction of sp³-hybridized carbons (Fsp3) is 0.320. The molecule has 0 bridgehead atoms. The monoisotopic (exact) mass is 483 g/mol. The van der Waals surface area contributed by atoms with Gasteiger partial charge >= 0.3 is 23.9 Å². The van der Waals surface area contributed by atoms with E-state index in [1.807, 2.05) is 24.3 Å². The summed E-state index contributed by atoms with van der Waals surface area (Å²) in [5.41, 5.74) is 2.02. The minimum Gasteiger partial charge on any atom is -0.452 e. The molecule has 0 fully saturated rings. The van der Waals surface area contributed by atoms with E-state index in [1.165, 1.54) is 5.56 Å². The summed E-state index contributed by atoms with van der Waals surface area (Å²) in [5.74, 6) is -4.77. The first-order valence-corrected chi connectivity index (χ1v) is 10.9. The molecule has 1 aliphatic carbocycles. The molecule has 1 amide bonds. The van der Waals surface area contributed by atoms with Crippen LogP contribution >= 0.6 is 0 Å². The Morgan fingerprint density at radius 2 is 1.49 bits per heavy atom. The van der Waals surface area contributed by atoms with Gasteiger partial charge in [-0.05, 0) is 42.5 Å². The van der Waals surface area contributed by atoms with E-state index in [2.05, 4.69) is 5.32 Å². The van der Waals surface area contributed by atoms with E-state index in [-0.39, 0.29) is 28.9 Å². The normalized spacial score (nSPS) is 14.2. The molecule has 0 heterocycles. The Morgan fingerprint density at radius 3 is 2.09 bits per heavy atom. The molecule has 35 heavy (non-hydrogen) atoms. The molecule has 1 unspecified atom stereocenters.